The molecule has 0 aromatic heterocycles. The Bertz CT molecular complexity index is 267. The zero-order chi connectivity index (χ0) is 10.0. The smallest absolute Gasteiger partial charge is 0.124 e. The Morgan fingerprint density at radius 3 is 2.93 bits per heavy atom. The van der Waals surface area contributed by atoms with E-state index in [0.29, 0.717) is 18.8 Å². The van der Waals surface area contributed by atoms with Gasteiger partial charge in [0.25, 0.3) is 0 Å². The zero-order valence-corrected chi connectivity index (χ0v) is 8.67. The van der Waals surface area contributed by atoms with Gasteiger partial charge >= 0.3 is 0 Å². The molecule has 0 bridgehead atoms. The lowest BCUT2D eigenvalue weighted by Gasteiger charge is -2.39. The van der Waals surface area contributed by atoms with Gasteiger partial charge in [-0.05, 0) is 24.8 Å². The molecule has 2 aliphatic heterocycles. The number of alkyl halides is 2. The molecular formula is C10H14ClFN2. The number of nitrogens with zero attached hydrogens (tertiary/aromatic N) is 1. The molecule has 4 heteroatoms. The highest BCUT2D eigenvalue weighted by Gasteiger charge is 2.38. The molecule has 2 atom stereocenters. The first-order valence-corrected chi connectivity index (χ1v) is 5.37. The van der Waals surface area contributed by atoms with Crippen molar-refractivity contribution in [1.82, 2.24) is 10.2 Å². The summed E-state index contributed by atoms with van der Waals surface area (Å²) in [7, 11) is 0. The second kappa shape index (κ2) is 3.91. The molecule has 0 amide bonds. The number of dihydropyridines is 1. The lowest BCUT2D eigenvalue weighted by atomic mass is 10.1. The van der Waals surface area contributed by atoms with Crippen LogP contribution in [0.15, 0.2) is 24.4 Å². The average molecular weight is 217 g/mol. The van der Waals surface area contributed by atoms with Crippen LogP contribution in [0.1, 0.15) is 6.42 Å². The van der Waals surface area contributed by atoms with Gasteiger partial charge in [-0.3, -0.25) is 4.90 Å². The Hall–Kier alpha value is -0.540. The summed E-state index contributed by atoms with van der Waals surface area (Å²) in [5.41, 5.74) is -0.378. The number of halogens is 2. The van der Waals surface area contributed by atoms with Crippen molar-refractivity contribution in [2.45, 2.75) is 18.3 Å². The third-order valence-electron chi connectivity index (χ3n) is 2.81. The molecule has 2 unspecified atom stereocenters. The van der Waals surface area contributed by atoms with E-state index in [1.54, 1.807) is 0 Å². The fourth-order valence-electron chi connectivity index (χ4n) is 1.96. The minimum Gasteiger partial charge on any atom is -0.369 e. The number of rotatable bonds is 2. The SMILES string of the molecule is FC1CCN(C2(CCl)C=CC=CN2)C1. The largest absolute Gasteiger partial charge is 0.369 e. The Labute approximate surface area is 88.4 Å². The second-order valence-corrected chi connectivity index (χ2v) is 4.02. The summed E-state index contributed by atoms with van der Waals surface area (Å²) in [6.07, 6.45) is 7.61. The lowest BCUT2D eigenvalue weighted by molar-refractivity contribution is 0.151. The summed E-state index contributed by atoms with van der Waals surface area (Å²) >= 11 is 5.95. The van der Waals surface area contributed by atoms with E-state index in [1.165, 1.54) is 0 Å². The maximum atomic E-state index is 13.1. The quantitative estimate of drug-likeness (QED) is 0.706. The Balaban J connectivity index is 2.12. The number of hydrogen-bond donors (Lipinski definition) is 1. The van der Waals surface area contributed by atoms with Crippen molar-refractivity contribution < 1.29 is 4.39 Å². The fraction of sp³-hybridized carbons (Fsp3) is 0.600. The molecule has 78 valence electrons. The van der Waals surface area contributed by atoms with E-state index in [4.69, 9.17) is 11.6 Å². The van der Waals surface area contributed by atoms with Crippen LogP contribution < -0.4 is 5.32 Å². The maximum Gasteiger partial charge on any atom is 0.124 e. The standard InChI is InChI=1S/C10H14ClFN2/c11-8-10(4-1-2-5-13-10)14-6-3-9(12)7-14/h1-2,4-5,9,13H,3,6-8H2. The monoisotopic (exact) mass is 216 g/mol. The van der Waals surface area contributed by atoms with Gasteiger partial charge in [0, 0.05) is 13.1 Å². The highest BCUT2D eigenvalue weighted by Crippen LogP contribution is 2.25. The number of likely N-dealkylation sites (tertiary alicyclic amines) is 1. The number of hydrogen-bond acceptors (Lipinski definition) is 2. The first kappa shape index (κ1) is 9.99. The summed E-state index contributed by atoms with van der Waals surface area (Å²) in [5, 5.41) is 3.20. The molecule has 0 aliphatic carbocycles. The van der Waals surface area contributed by atoms with Crippen molar-refractivity contribution in [2.75, 3.05) is 19.0 Å². The summed E-state index contributed by atoms with van der Waals surface area (Å²) in [5.74, 6) is 0.431. The number of allylic oxidation sites excluding steroid dienone is 2. The van der Waals surface area contributed by atoms with Gasteiger partial charge in [0.05, 0.1) is 5.88 Å². The van der Waals surface area contributed by atoms with Crippen LogP contribution in [-0.4, -0.2) is 35.7 Å². The first-order valence-electron chi connectivity index (χ1n) is 4.84. The van der Waals surface area contributed by atoms with Crippen molar-refractivity contribution in [1.29, 1.82) is 0 Å². The van der Waals surface area contributed by atoms with E-state index in [0.717, 1.165) is 6.54 Å². The topological polar surface area (TPSA) is 15.3 Å². The van der Waals surface area contributed by atoms with Crippen molar-refractivity contribution in [3.05, 3.63) is 24.4 Å². The minimum absolute atomic E-state index is 0.378. The molecular weight excluding hydrogens is 203 g/mol. The maximum absolute atomic E-state index is 13.1. The molecule has 0 radical (unpaired) electrons. The van der Waals surface area contributed by atoms with E-state index < -0.39 is 6.17 Å². The van der Waals surface area contributed by atoms with Gasteiger partial charge in [0.15, 0.2) is 0 Å². The van der Waals surface area contributed by atoms with E-state index in [9.17, 15) is 4.39 Å². The molecule has 2 rings (SSSR count). The normalized spacial score (nSPS) is 37.4. The third kappa shape index (κ3) is 1.66. The highest BCUT2D eigenvalue weighted by molar-refractivity contribution is 6.18. The van der Waals surface area contributed by atoms with E-state index in [2.05, 4.69) is 10.2 Å². The molecule has 0 spiro atoms. The molecule has 1 N–H and O–H groups in total. The van der Waals surface area contributed by atoms with Crippen LogP contribution in [-0.2, 0) is 0 Å². The molecule has 1 saturated heterocycles. The van der Waals surface area contributed by atoms with E-state index in [-0.39, 0.29) is 5.66 Å². The summed E-state index contributed by atoms with van der Waals surface area (Å²) in [6, 6.07) is 0. The third-order valence-corrected chi connectivity index (χ3v) is 3.22. The van der Waals surface area contributed by atoms with Crippen LogP contribution in [0.2, 0.25) is 0 Å². The zero-order valence-electron chi connectivity index (χ0n) is 7.92. The van der Waals surface area contributed by atoms with Crippen LogP contribution in [0.5, 0.6) is 0 Å². The van der Waals surface area contributed by atoms with Gasteiger partial charge < -0.3 is 5.32 Å². The highest BCUT2D eigenvalue weighted by atomic mass is 35.5. The fourth-order valence-corrected chi connectivity index (χ4v) is 2.29. The molecule has 0 aromatic carbocycles. The molecule has 0 saturated carbocycles. The lowest BCUT2D eigenvalue weighted by Crippen LogP contribution is -2.57. The van der Waals surface area contributed by atoms with E-state index in [1.807, 2.05) is 24.4 Å². The number of nitrogens with one attached hydrogen (secondary N) is 1. The molecule has 2 aliphatic rings. The Morgan fingerprint density at radius 1 is 1.57 bits per heavy atom. The van der Waals surface area contributed by atoms with Crippen LogP contribution in [0.3, 0.4) is 0 Å². The average Bonchev–Trinajstić information content (AvgIpc) is 2.66. The van der Waals surface area contributed by atoms with Gasteiger partial charge in [-0.1, -0.05) is 6.08 Å². The molecule has 1 fully saturated rings. The van der Waals surface area contributed by atoms with Crippen molar-refractivity contribution in [3.63, 3.8) is 0 Å². The predicted molar refractivity (Wildman–Crippen MR) is 56.0 cm³/mol. The van der Waals surface area contributed by atoms with E-state index >= 15 is 0 Å². The van der Waals surface area contributed by atoms with Crippen molar-refractivity contribution in [2.24, 2.45) is 0 Å². The van der Waals surface area contributed by atoms with Crippen LogP contribution in [0.4, 0.5) is 4.39 Å². The van der Waals surface area contributed by atoms with Gasteiger partial charge in [-0.2, -0.15) is 0 Å². The summed E-state index contributed by atoms with van der Waals surface area (Å²) < 4.78 is 13.1. The van der Waals surface area contributed by atoms with Crippen LogP contribution >= 0.6 is 11.6 Å². The minimum atomic E-state index is -0.712. The predicted octanol–water partition coefficient (Wildman–Crippen LogP) is 1.64. The first-order chi connectivity index (χ1) is 6.77. The molecule has 2 heterocycles. The second-order valence-electron chi connectivity index (χ2n) is 3.75. The van der Waals surface area contributed by atoms with Gasteiger partial charge in [0.2, 0.25) is 0 Å². The van der Waals surface area contributed by atoms with Gasteiger partial charge in [-0.15, -0.1) is 11.6 Å². The molecule has 14 heavy (non-hydrogen) atoms. The molecule has 2 nitrogen and oxygen atoms in total. The molecule has 0 aromatic rings. The van der Waals surface area contributed by atoms with Gasteiger partial charge in [0.1, 0.15) is 11.8 Å². The van der Waals surface area contributed by atoms with Gasteiger partial charge in [-0.25, -0.2) is 4.39 Å². The summed E-state index contributed by atoms with van der Waals surface area (Å²) in [4.78, 5) is 2.06. The summed E-state index contributed by atoms with van der Waals surface area (Å²) in [6.45, 7) is 1.23. The van der Waals surface area contributed by atoms with Crippen LogP contribution in [0, 0.1) is 0 Å². The Morgan fingerprint density at radius 2 is 2.43 bits per heavy atom. The Kier molecular flexibility index (Phi) is 2.79. The van der Waals surface area contributed by atoms with Crippen LogP contribution in [0.25, 0.3) is 0 Å². The van der Waals surface area contributed by atoms with Crippen molar-refractivity contribution in [3.8, 4) is 0 Å². The van der Waals surface area contributed by atoms with Crippen molar-refractivity contribution >= 4 is 11.6 Å².